The third kappa shape index (κ3) is 2.56. The number of nitrogens with one attached hydrogen (secondary N) is 1. The van der Waals surface area contributed by atoms with Crippen LogP contribution in [0.5, 0.6) is 0 Å². The van der Waals surface area contributed by atoms with Gasteiger partial charge in [0.05, 0.1) is 30.1 Å². The molecule has 3 aliphatic heterocycles. The van der Waals surface area contributed by atoms with Crippen LogP contribution in [-0.4, -0.2) is 41.4 Å². The van der Waals surface area contributed by atoms with E-state index in [1.54, 1.807) is 0 Å². The highest BCUT2D eigenvalue weighted by Gasteiger charge is 2.62. The Balaban J connectivity index is 1.28. The van der Waals surface area contributed by atoms with Crippen LogP contribution in [0.1, 0.15) is 42.9 Å². The highest BCUT2D eigenvalue weighted by atomic mass is 16.5. The average molecular weight is 369 g/mol. The van der Waals surface area contributed by atoms with E-state index in [1.807, 2.05) is 18.2 Å². The van der Waals surface area contributed by atoms with E-state index in [9.17, 15) is 14.4 Å². The van der Waals surface area contributed by atoms with E-state index in [1.165, 1.54) is 0 Å². The Morgan fingerprint density at radius 3 is 2.56 bits per heavy atom. The number of likely N-dealkylation sites (tertiary alicyclic amines) is 1. The maximum atomic E-state index is 12.7. The largest absolute Gasteiger partial charge is 0.399 e. The minimum absolute atomic E-state index is 0.103. The number of benzene rings is 1. The Morgan fingerprint density at radius 2 is 1.85 bits per heavy atom. The lowest BCUT2D eigenvalue weighted by Gasteiger charge is -2.27. The van der Waals surface area contributed by atoms with E-state index in [-0.39, 0.29) is 54.4 Å². The predicted octanol–water partition coefficient (Wildman–Crippen LogP) is 0.925. The Bertz CT molecular complexity index is 811. The standard InChI is InChI=1S/C20H23N3O4/c21-11-4-5-12-10(8-11)2-1-3-13(12)22-16(24)9-23-19(25)17-14-6-7-15(27-14)18(17)20(23)26/h4-5,8,13-15,17-18H,1-3,6-7,9,21H2,(H,22,24). The molecule has 0 radical (unpaired) electrons. The number of imide groups is 1. The summed E-state index contributed by atoms with van der Waals surface area (Å²) >= 11 is 0. The second kappa shape index (κ2) is 6.05. The third-order valence-corrected chi connectivity index (χ3v) is 6.49. The van der Waals surface area contributed by atoms with Gasteiger partial charge in [0.15, 0.2) is 0 Å². The Labute approximate surface area is 157 Å². The molecule has 5 atom stereocenters. The molecule has 1 aliphatic carbocycles. The fourth-order valence-electron chi connectivity index (χ4n) is 5.30. The van der Waals surface area contributed by atoms with E-state index < -0.39 is 0 Å². The van der Waals surface area contributed by atoms with Crippen LogP contribution in [0.15, 0.2) is 18.2 Å². The molecule has 1 aromatic rings. The summed E-state index contributed by atoms with van der Waals surface area (Å²) < 4.78 is 5.72. The van der Waals surface area contributed by atoms with Crippen LogP contribution in [0.2, 0.25) is 0 Å². The normalized spacial score (nSPS) is 33.9. The number of carbonyl (C=O) groups is 3. The van der Waals surface area contributed by atoms with Crippen LogP contribution in [0.4, 0.5) is 5.69 Å². The van der Waals surface area contributed by atoms with Gasteiger partial charge in [-0.15, -0.1) is 0 Å². The Kier molecular flexibility index (Phi) is 3.75. The minimum Gasteiger partial charge on any atom is -0.399 e. The number of nitrogen functional groups attached to an aromatic ring is 1. The van der Waals surface area contributed by atoms with E-state index in [2.05, 4.69) is 5.32 Å². The number of amides is 3. The SMILES string of the molecule is Nc1ccc2c(c1)CCCC2NC(=O)CN1C(=O)C2C3CCC(O3)C2C1=O. The fraction of sp³-hybridized carbons (Fsp3) is 0.550. The van der Waals surface area contributed by atoms with Crippen LogP contribution < -0.4 is 11.1 Å². The zero-order chi connectivity index (χ0) is 18.7. The van der Waals surface area contributed by atoms with Gasteiger partial charge >= 0.3 is 0 Å². The van der Waals surface area contributed by atoms with Gasteiger partial charge in [0.1, 0.15) is 6.54 Å². The molecule has 1 aromatic carbocycles. The van der Waals surface area contributed by atoms with E-state index in [4.69, 9.17) is 10.5 Å². The quantitative estimate of drug-likeness (QED) is 0.609. The van der Waals surface area contributed by atoms with Gasteiger partial charge in [-0.25, -0.2) is 0 Å². The molecule has 3 heterocycles. The van der Waals surface area contributed by atoms with Gasteiger partial charge in [0.2, 0.25) is 17.7 Å². The molecule has 3 amide bonds. The van der Waals surface area contributed by atoms with E-state index in [0.717, 1.165) is 53.8 Å². The topological polar surface area (TPSA) is 102 Å². The molecule has 7 heteroatoms. The van der Waals surface area contributed by atoms with Crippen LogP contribution in [0.3, 0.4) is 0 Å². The first-order valence-corrected chi connectivity index (χ1v) is 9.71. The lowest BCUT2D eigenvalue weighted by atomic mass is 9.81. The third-order valence-electron chi connectivity index (χ3n) is 6.49. The molecule has 7 nitrogen and oxygen atoms in total. The first-order valence-electron chi connectivity index (χ1n) is 9.71. The van der Waals surface area contributed by atoms with E-state index in [0.29, 0.717) is 0 Å². The first-order chi connectivity index (χ1) is 13.0. The summed E-state index contributed by atoms with van der Waals surface area (Å²) in [6, 6.07) is 5.65. The van der Waals surface area contributed by atoms with Crippen molar-refractivity contribution in [2.45, 2.75) is 50.4 Å². The van der Waals surface area contributed by atoms with Crippen LogP contribution in [0.25, 0.3) is 0 Å². The number of hydrogen-bond acceptors (Lipinski definition) is 5. The summed E-state index contributed by atoms with van der Waals surface area (Å²) in [5.74, 6) is -1.56. The van der Waals surface area contributed by atoms with Gasteiger partial charge in [0, 0.05) is 5.69 Å². The molecule has 0 aromatic heterocycles. The van der Waals surface area contributed by atoms with Crippen molar-refractivity contribution < 1.29 is 19.1 Å². The Morgan fingerprint density at radius 1 is 1.15 bits per heavy atom. The lowest BCUT2D eigenvalue weighted by molar-refractivity contribution is -0.146. The van der Waals surface area contributed by atoms with E-state index >= 15 is 0 Å². The second-order valence-corrected chi connectivity index (χ2v) is 8.08. The van der Waals surface area contributed by atoms with Crippen LogP contribution in [0, 0.1) is 11.8 Å². The molecule has 142 valence electrons. The molecular formula is C20H23N3O4. The van der Waals surface area contributed by atoms with Crippen molar-refractivity contribution in [3.8, 4) is 0 Å². The summed E-state index contributed by atoms with van der Waals surface area (Å²) in [6.07, 6.45) is 4.10. The van der Waals surface area contributed by atoms with Crippen LogP contribution >= 0.6 is 0 Å². The second-order valence-electron chi connectivity index (χ2n) is 8.08. The number of nitrogens with two attached hydrogens (primary N) is 1. The van der Waals surface area contributed by atoms with Crippen molar-refractivity contribution in [2.24, 2.45) is 11.8 Å². The van der Waals surface area contributed by atoms with Gasteiger partial charge < -0.3 is 15.8 Å². The zero-order valence-corrected chi connectivity index (χ0v) is 15.0. The summed E-state index contributed by atoms with van der Waals surface area (Å²) in [4.78, 5) is 39.1. The van der Waals surface area contributed by atoms with Crippen molar-refractivity contribution in [1.29, 1.82) is 0 Å². The maximum Gasteiger partial charge on any atom is 0.240 e. The van der Waals surface area contributed by atoms with Crippen molar-refractivity contribution in [1.82, 2.24) is 10.2 Å². The van der Waals surface area contributed by atoms with Crippen molar-refractivity contribution in [2.75, 3.05) is 12.3 Å². The first kappa shape index (κ1) is 16.7. The summed E-state index contributed by atoms with van der Waals surface area (Å²) in [5, 5.41) is 3.01. The molecule has 27 heavy (non-hydrogen) atoms. The summed E-state index contributed by atoms with van der Waals surface area (Å²) in [7, 11) is 0. The highest BCUT2D eigenvalue weighted by Crippen LogP contribution is 2.48. The predicted molar refractivity (Wildman–Crippen MR) is 96.3 cm³/mol. The summed E-state index contributed by atoms with van der Waals surface area (Å²) in [5.41, 5.74) is 8.81. The number of rotatable bonds is 3. The number of fused-ring (bicyclic) bond motifs is 6. The zero-order valence-electron chi connectivity index (χ0n) is 15.0. The molecule has 4 aliphatic rings. The molecule has 0 spiro atoms. The number of carbonyl (C=O) groups excluding carboxylic acids is 3. The number of aryl methyl sites for hydroxylation is 1. The molecular weight excluding hydrogens is 346 g/mol. The molecule has 3 saturated heterocycles. The van der Waals surface area contributed by atoms with Crippen LogP contribution in [-0.2, 0) is 25.5 Å². The minimum atomic E-state index is -0.387. The van der Waals surface area contributed by atoms with Gasteiger partial charge in [-0.3, -0.25) is 19.3 Å². The number of ether oxygens (including phenoxy) is 1. The molecule has 3 N–H and O–H groups in total. The molecule has 5 rings (SSSR count). The van der Waals surface area contributed by atoms with Gasteiger partial charge in [-0.05, 0) is 55.4 Å². The number of anilines is 1. The molecule has 0 saturated carbocycles. The van der Waals surface area contributed by atoms with Gasteiger partial charge in [-0.1, -0.05) is 6.07 Å². The molecule has 3 fully saturated rings. The van der Waals surface area contributed by atoms with Crippen molar-refractivity contribution >= 4 is 23.4 Å². The lowest BCUT2D eigenvalue weighted by Crippen LogP contribution is -2.43. The average Bonchev–Trinajstić information content (AvgIpc) is 3.32. The highest BCUT2D eigenvalue weighted by molar-refractivity contribution is 6.08. The van der Waals surface area contributed by atoms with Gasteiger partial charge in [-0.2, -0.15) is 0 Å². The molecule has 2 bridgehead atoms. The maximum absolute atomic E-state index is 12.7. The van der Waals surface area contributed by atoms with Crippen molar-refractivity contribution in [3.05, 3.63) is 29.3 Å². The fourth-order valence-corrected chi connectivity index (χ4v) is 5.30. The monoisotopic (exact) mass is 369 g/mol. The van der Waals surface area contributed by atoms with Crippen molar-refractivity contribution in [3.63, 3.8) is 0 Å². The number of hydrogen-bond donors (Lipinski definition) is 2. The number of nitrogens with zero attached hydrogens (tertiary/aromatic N) is 1. The summed E-state index contributed by atoms with van der Waals surface area (Å²) in [6.45, 7) is -0.203. The van der Waals surface area contributed by atoms with Gasteiger partial charge in [0.25, 0.3) is 0 Å². The Hall–Kier alpha value is -2.41. The molecule has 5 unspecified atom stereocenters. The smallest absolute Gasteiger partial charge is 0.240 e.